The zero-order chi connectivity index (χ0) is 18.1. The predicted molar refractivity (Wildman–Crippen MR) is 104 cm³/mol. The van der Waals surface area contributed by atoms with Crippen molar-refractivity contribution in [1.82, 2.24) is 4.57 Å². The molecule has 0 fully saturated rings. The van der Waals surface area contributed by atoms with E-state index in [1.807, 2.05) is 0 Å². The van der Waals surface area contributed by atoms with Gasteiger partial charge in [0.25, 0.3) is 5.91 Å². The summed E-state index contributed by atoms with van der Waals surface area (Å²) in [6, 6.07) is 11.9. The Hall–Kier alpha value is -1.31. The van der Waals surface area contributed by atoms with E-state index in [0.717, 1.165) is 0 Å². The number of hydrogen-bond acceptors (Lipinski definition) is 3. The molecule has 1 heterocycles. The molecule has 0 bridgehead atoms. The molecular weight excluding hydrogens is 429 g/mol. The molecule has 1 N–H and O–H groups in total. The molecule has 2 aromatic carbocycles. The quantitative estimate of drug-likeness (QED) is 0.625. The Kier molecular flexibility index (Phi) is 6.93. The van der Waals surface area contributed by atoms with Crippen molar-refractivity contribution in [3.8, 4) is 5.75 Å². The van der Waals surface area contributed by atoms with Crippen LogP contribution < -0.4 is 4.74 Å². The van der Waals surface area contributed by atoms with E-state index in [2.05, 4.69) is 0 Å². The number of carbonyl (C=O) groups is 2. The van der Waals surface area contributed by atoms with Crippen LogP contribution in [0, 0.1) is 6.92 Å². The summed E-state index contributed by atoms with van der Waals surface area (Å²) in [5.41, 5.74) is 2.32. The van der Waals surface area contributed by atoms with Crippen LogP contribution in [0.2, 0.25) is 5.02 Å². The number of aliphatic carboxylic acids is 1. The average Bonchev–Trinajstić information content (AvgIpc) is 2.86. The first-order valence-electron chi connectivity index (χ1n) is 7.62. The molecule has 1 aromatic heterocycles. The number of carboxylic acids is 1. The second kappa shape index (κ2) is 8.59. The molecule has 0 spiro atoms. The van der Waals surface area contributed by atoms with Crippen molar-refractivity contribution in [2.45, 2.75) is 13.3 Å². The number of aromatic nitrogens is 1. The summed E-state index contributed by atoms with van der Waals surface area (Å²) in [5, 5.41) is 10.5. The SMILES string of the molecule is COc1ccc2c(c1)c(CC(=O)O)c(C)n2C(=O)c1ccc(Cl)cc1.[SrH2]. The molecule has 0 aliphatic carbocycles. The number of benzene rings is 2. The molecule has 0 unspecified atom stereocenters. The summed E-state index contributed by atoms with van der Waals surface area (Å²) in [4.78, 5) is 24.3. The number of hydrogen-bond donors (Lipinski definition) is 1. The molecule has 26 heavy (non-hydrogen) atoms. The topological polar surface area (TPSA) is 68.5 Å². The molecule has 0 saturated heterocycles. The van der Waals surface area contributed by atoms with Gasteiger partial charge in [-0.3, -0.25) is 14.2 Å². The van der Waals surface area contributed by atoms with Crippen molar-refractivity contribution < 1.29 is 19.4 Å². The summed E-state index contributed by atoms with van der Waals surface area (Å²) in [5.74, 6) is -0.583. The third-order valence-corrected chi connectivity index (χ3v) is 4.42. The number of carbonyl (C=O) groups excluding carboxylic acids is 1. The van der Waals surface area contributed by atoms with Crippen LogP contribution in [0.15, 0.2) is 42.5 Å². The summed E-state index contributed by atoms with van der Waals surface area (Å²) < 4.78 is 6.77. The van der Waals surface area contributed by atoms with Crippen molar-refractivity contribution in [3.63, 3.8) is 0 Å². The molecule has 3 rings (SSSR count). The Morgan fingerprint density at radius 3 is 2.38 bits per heavy atom. The Bertz CT molecular complexity index is 979. The van der Waals surface area contributed by atoms with Gasteiger partial charge in [-0.1, -0.05) is 11.6 Å². The summed E-state index contributed by atoms with van der Waals surface area (Å²) in [6.07, 6.45) is -0.170. The van der Waals surface area contributed by atoms with Crippen molar-refractivity contribution >= 4 is 79.9 Å². The molecule has 0 radical (unpaired) electrons. The van der Waals surface area contributed by atoms with Crippen LogP contribution in [0.3, 0.4) is 0 Å². The molecule has 132 valence electrons. The predicted octanol–water partition coefficient (Wildman–Crippen LogP) is 3.01. The van der Waals surface area contributed by atoms with Crippen LogP contribution in [-0.4, -0.2) is 74.1 Å². The van der Waals surface area contributed by atoms with Crippen LogP contribution in [0.1, 0.15) is 21.6 Å². The van der Waals surface area contributed by atoms with Gasteiger partial charge in [-0.25, -0.2) is 0 Å². The molecule has 5 nitrogen and oxygen atoms in total. The number of rotatable bonds is 4. The third-order valence-electron chi connectivity index (χ3n) is 4.16. The normalized spacial score (nSPS) is 10.4. The van der Waals surface area contributed by atoms with Crippen molar-refractivity contribution in [1.29, 1.82) is 0 Å². The van der Waals surface area contributed by atoms with E-state index >= 15 is 0 Å². The summed E-state index contributed by atoms with van der Waals surface area (Å²) >= 11 is 5.89. The van der Waals surface area contributed by atoms with Crippen LogP contribution in [-0.2, 0) is 11.2 Å². The van der Waals surface area contributed by atoms with Gasteiger partial charge in [0.05, 0.1) is 19.0 Å². The Morgan fingerprint density at radius 1 is 1.15 bits per heavy atom. The van der Waals surface area contributed by atoms with E-state index in [1.54, 1.807) is 56.5 Å². The van der Waals surface area contributed by atoms with Crippen molar-refractivity contribution in [3.05, 3.63) is 64.3 Å². The van der Waals surface area contributed by atoms with Crippen molar-refractivity contribution in [2.75, 3.05) is 7.11 Å². The summed E-state index contributed by atoms with van der Waals surface area (Å²) in [7, 11) is 1.54. The number of fused-ring (bicyclic) bond motifs is 1. The number of halogens is 1. The van der Waals surface area contributed by atoms with E-state index < -0.39 is 5.97 Å². The molecule has 3 aromatic rings. The maximum absolute atomic E-state index is 13.0. The minimum absolute atomic E-state index is 0. The van der Waals surface area contributed by atoms with E-state index in [1.165, 1.54) is 4.57 Å². The van der Waals surface area contributed by atoms with Crippen LogP contribution in [0.5, 0.6) is 5.75 Å². The van der Waals surface area contributed by atoms with Crippen LogP contribution >= 0.6 is 11.6 Å². The van der Waals surface area contributed by atoms with Gasteiger partial charge in [0, 0.05) is 21.7 Å². The fraction of sp³-hybridized carbons (Fsp3) is 0.158. The number of ether oxygens (including phenoxy) is 1. The fourth-order valence-electron chi connectivity index (χ4n) is 2.95. The molecule has 0 aliphatic rings. The number of methoxy groups -OCH3 is 1. The Labute approximate surface area is 192 Å². The van der Waals surface area contributed by atoms with Gasteiger partial charge in [0.15, 0.2) is 0 Å². The number of nitrogens with zero attached hydrogens (tertiary/aromatic N) is 1. The van der Waals surface area contributed by atoms with Gasteiger partial charge in [-0.05, 0) is 55.0 Å². The van der Waals surface area contributed by atoms with Gasteiger partial charge in [0.2, 0.25) is 0 Å². The third kappa shape index (κ3) is 4.00. The first kappa shape index (κ1) is 21.0. The van der Waals surface area contributed by atoms with Gasteiger partial charge < -0.3 is 9.84 Å². The molecular formula is C19H18ClNO4Sr. The van der Waals surface area contributed by atoms with Gasteiger partial charge in [-0.2, -0.15) is 0 Å². The number of carboxylic acid groups (broad SMARTS) is 1. The van der Waals surface area contributed by atoms with E-state index in [0.29, 0.717) is 38.5 Å². The van der Waals surface area contributed by atoms with Crippen LogP contribution in [0.4, 0.5) is 0 Å². The van der Waals surface area contributed by atoms with Crippen LogP contribution in [0.25, 0.3) is 10.9 Å². The van der Waals surface area contributed by atoms with E-state index in [-0.39, 0.29) is 57.8 Å². The minimum atomic E-state index is -0.955. The summed E-state index contributed by atoms with van der Waals surface area (Å²) in [6.45, 7) is 1.75. The second-order valence-corrected chi connectivity index (χ2v) is 6.10. The first-order valence-corrected chi connectivity index (χ1v) is 8.00. The molecule has 0 amide bonds. The van der Waals surface area contributed by atoms with E-state index in [4.69, 9.17) is 16.3 Å². The zero-order valence-electron chi connectivity index (χ0n) is 13.7. The molecule has 7 heteroatoms. The Balaban J connectivity index is 0.00000243. The monoisotopic (exact) mass is 447 g/mol. The Morgan fingerprint density at radius 2 is 1.81 bits per heavy atom. The van der Waals surface area contributed by atoms with Crippen molar-refractivity contribution in [2.24, 2.45) is 0 Å². The van der Waals surface area contributed by atoms with Gasteiger partial charge in [-0.15, -0.1) is 0 Å². The molecule has 0 atom stereocenters. The molecule has 0 aliphatic heterocycles. The van der Waals surface area contributed by atoms with Gasteiger partial charge in [0.1, 0.15) is 5.75 Å². The zero-order valence-corrected chi connectivity index (χ0v) is 14.5. The first-order chi connectivity index (χ1) is 11.9. The molecule has 0 saturated carbocycles. The van der Waals surface area contributed by atoms with E-state index in [9.17, 15) is 14.7 Å². The maximum atomic E-state index is 13.0. The van der Waals surface area contributed by atoms with Gasteiger partial charge >= 0.3 is 51.5 Å². The average molecular weight is 447 g/mol. The standard InChI is InChI=1S/C19H16ClNO4.Sr.2H/c1-11-15(10-18(22)23)16-9-14(25-2)7-8-17(16)21(11)19(24)12-3-5-13(20)6-4-12;;;/h3-9H,10H2,1-2H3,(H,22,23);;;. The second-order valence-electron chi connectivity index (χ2n) is 5.67. The fourth-order valence-corrected chi connectivity index (χ4v) is 3.07.